The average molecular weight is 734 g/mol. The normalized spacial score (nSPS) is 31.3. The number of aryl methyl sites for hydroxylation is 1. The third-order valence-corrected chi connectivity index (χ3v) is 13.5. The highest BCUT2D eigenvalue weighted by atomic mass is 32.2. The van der Waals surface area contributed by atoms with Crippen LogP contribution < -0.4 is 25.2 Å². The third kappa shape index (κ3) is 6.31. The number of carbonyl (C=O) groups excluding carboxylic acids is 3. The molecule has 2 aliphatic carbocycles. The highest BCUT2D eigenvalue weighted by Crippen LogP contribution is 2.50. The van der Waals surface area contributed by atoms with Crippen LogP contribution in [-0.2, 0) is 37.0 Å². The number of pyridine rings is 1. The minimum absolute atomic E-state index is 0.121. The largest absolute Gasteiger partial charge is 0.497 e. The van der Waals surface area contributed by atoms with Crippen molar-refractivity contribution in [3.8, 4) is 11.5 Å². The van der Waals surface area contributed by atoms with Crippen molar-refractivity contribution in [3.05, 3.63) is 41.6 Å². The Labute approximate surface area is 293 Å². The molecule has 1 aromatic carbocycles. The number of ether oxygens (including phenoxy) is 2. The molecule has 2 saturated carbocycles. The Morgan fingerprint density at radius 1 is 1.16 bits per heavy atom. The third-order valence-electron chi connectivity index (χ3n) is 11.3. The van der Waals surface area contributed by atoms with E-state index in [9.17, 15) is 36.0 Å². The van der Waals surface area contributed by atoms with Crippen LogP contribution in [0.25, 0.3) is 10.9 Å². The van der Waals surface area contributed by atoms with E-state index >= 15 is 0 Å². The molecule has 16 heteroatoms. The van der Waals surface area contributed by atoms with Gasteiger partial charge in [0.1, 0.15) is 22.9 Å². The Morgan fingerprint density at radius 3 is 2.63 bits per heavy atom. The first-order chi connectivity index (χ1) is 24.0. The Morgan fingerprint density at radius 2 is 1.92 bits per heavy atom. The van der Waals surface area contributed by atoms with Crippen molar-refractivity contribution in [2.45, 2.75) is 112 Å². The summed E-state index contributed by atoms with van der Waals surface area (Å²) >= 11 is 0. The van der Waals surface area contributed by atoms with Gasteiger partial charge in [0.2, 0.25) is 21.8 Å². The summed E-state index contributed by atoms with van der Waals surface area (Å²) in [6.07, 6.45) is 3.13. The second-order valence-electron chi connectivity index (χ2n) is 14.9. The van der Waals surface area contributed by atoms with Gasteiger partial charge in [-0.25, -0.2) is 13.4 Å². The molecule has 7 rings (SSSR count). The molecule has 1 spiro atoms. The lowest BCUT2D eigenvalue weighted by Crippen LogP contribution is -2.58. The Bertz CT molecular complexity index is 1930. The molecule has 0 radical (unpaired) electrons. The number of carbonyl (C=O) groups is 3. The number of fused-ring (bicyclic) bond motifs is 5. The van der Waals surface area contributed by atoms with E-state index < -0.39 is 79.3 Å². The molecule has 3 fully saturated rings. The summed E-state index contributed by atoms with van der Waals surface area (Å²) in [5, 5.41) is 3.23. The molecule has 2 aromatic rings. The molecule has 51 heavy (non-hydrogen) atoms. The number of amides is 3. The van der Waals surface area contributed by atoms with Crippen LogP contribution in [0, 0.1) is 5.92 Å². The Balaban J connectivity index is 1.24. The standard InChI is InChI=1S/C35H42F3N5O7S/c1-32(14-15-32)51(47,48)42-31(46)34-17-20(34)8-6-4-3-5-7-9-24(39)30(45)43-19-33(18-26(43)29(44)41-34)13-12-22-23-16-21(49-2)10-11-25(23)40-28(27(22)50-33)35(36,37)38/h6,8,10-11,16,20,24,26H,3-5,7,9,12-15,17-19,39H2,1-2H3,(H,41,44)(H,42,46)/b8-6-/t20-,24+,26?,33-,34-/m1/s1. The van der Waals surface area contributed by atoms with Gasteiger partial charge in [0.15, 0.2) is 11.4 Å². The van der Waals surface area contributed by atoms with Gasteiger partial charge in [-0.2, -0.15) is 13.2 Å². The number of methoxy groups -OCH3 is 1. The number of sulfonamides is 1. The number of nitrogens with two attached hydrogens (primary N) is 1. The van der Waals surface area contributed by atoms with E-state index in [2.05, 4.69) is 15.0 Å². The molecule has 3 aliphatic heterocycles. The molecule has 1 aromatic heterocycles. The number of hydrogen-bond acceptors (Lipinski definition) is 9. The van der Waals surface area contributed by atoms with Crippen LogP contribution in [0.1, 0.15) is 82.4 Å². The van der Waals surface area contributed by atoms with Gasteiger partial charge < -0.3 is 25.4 Å². The predicted octanol–water partition coefficient (Wildman–Crippen LogP) is 3.65. The lowest BCUT2D eigenvalue weighted by Gasteiger charge is -2.37. The molecule has 1 unspecified atom stereocenters. The zero-order chi connectivity index (χ0) is 36.6. The van der Waals surface area contributed by atoms with E-state index in [-0.39, 0.29) is 37.7 Å². The predicted molar refractivity (Wildman–Crippen MR) is 179 cm³/mol. The molecule has 1 saturated heterocycles. The van der Waals surface area contributed by atoms with E-state index in [1.54, 1.807) is 13.0 Å². The van der Waals surface area contributed by atoms with Crippen LogP contribution in [0.5, 0.6) is 11.5 Å². The lowest BCUT2D eigenvalue weighted by molar-refractivity contribution is -0.144. The highest BCUT2D eigenvalue weighted by molar-refractivity contribution is 7.91. The van der Waals surface area contributed by atoms with Crippen molar-refractivity contribution in [1.82, 2.24) is 19.9 Å². The van der Waals surface area contributed by atoms with Crippen molar-refractivity contribution in [2.24, 2.45) is 11.7 Å². The van der Waals surface area contributed by atoms with Crippen LogP contribution in [0.15, 0.2) is 30.4 Å². The van der Waals surface area contributed by atoms with Crippen LogP contribution in [0.3, 0.4) is 0 Å². The number of hydrogen-bond donors (Lipinski definition) is 3. The van der Waals surface area contributed by atoms with Crippen LogP contribution in [0.2, 0.25) is 0 Å². The zero-order valence-electron chi connectivity index (χ0n) is 28.5. The van der Waals surface area contributed by atoms with E-state index in [0.29, 0.717) is 48.8 Å². The highest BCUT2D eigenvalue weighted by Gasteiger charge is 2.64. The fraction of sp³-hybridized carbons (Fsp3) is 0.600. The molecule has 5 aliphatic rings. The first kappa shape index (κ1) is 35.5. The SMILES string of the molecule is COc1ccc2nc(C(F)(F)F)c3c(c2c1)CC[C@]1(CC2C(=O)N[C@]4(C(=O)NS(=O)(=O)C5(C)CC5)C[C@H]4/C=C\CCCCC[C@H](N)C(=O)N2C1)O3. The number of nitrogens with one attached hydrogen (secondary N) is 2. The van der Waals surface area contributed by atoms with Crippen molar-refractivity contribution in [3.63, 3.8) is 0 Å². The minimum atomic E-state index is -4.87. The molecule has 276 valence electrons. The lowest BCUT2D eigenvalue weighted by atomic mass is 9.87. The second kappa shape index (κ2) is 12.3. The summed E-state index contributed by atoms with van der Waals surface area (Å²) in [5.41, 5.74) is 2.58. The number of aromatic nitrogens is 1. The first-order valence-electron chi connectivity index (χ1n) is 17.4. The fourth-order valence-corrected chi connectivity index (χ4v) is 9.04. The number of rotatable bonds is 4. The first-order valence-corrected chi connectivity index (χ1v) is 18.9. The number of halogens is 3. The van der Waals surface area contributed by atoms with E-state index in [0.717, 1.165) is 12.8 Å². The van der Waals surface area contributed by atoms with Gasteiger partial charge in [0.25, 0.3) is 5.91 Å². The molecule has 5 atom stereocenters. The second-order valence-corrected chi connectivity index (χ2v) is 17.1. The minimum Gasteiger partial charge on any atom is -0.497 e. The van der Waals surface area contributed by atoms with Gasteiger partial charge in [-0.05, 0) is 76.5 Å². The zero-order valence-corrected chi connectivity index (χ0v) is 29.3. The number of allylic oxidation sites excluding steroid dienone is 1. The maximum atomic E-state index is 14.5. The number of alkyl halides is 3. The monoisotopic (exact) mass is 733 g/mol. The van der Waals surface area contributed by atoms with Gasteiger partial charge in [0.05, 0.1) is 30.0 Å². The molecule has 4 N–H and O–H groups in total. The molecular formula is C35H42F3N5O7S. The van der Waals surface area contributed by atoms with Gasteiger partial charge in [-0.3, -0.25) is 19.1 Å². The summed E-state index contributed by atoms with van der Waals surface area (Å²) in [5.74, 6) is -2.69. The van der Waals surface area contributed by atoms with E-state index in [1.165, 1.54) is 24.1 Å². The van der Waals surface area contributed by atoms with Gasteiger partial charge >= 0.3 is 6.18 Å². The quantitative estimate of drug-likeness (QED) is 0.397. The van der Waals surface area contributed by atoms with Gasteiger partial charge in [-0.1, -0.05) is 25.0 Å². The summed E-state index contributed by atoms with van der Waals surface area (Å²) < 4.78 is 82.4. The van der Waals surface area contributed by atoms with Crippen molar-refractivity contribution in [2.75, 3.05) is 13.7 Å². The summed E-state index contributed by atoms with van der Waals surface area (Å²) in [7, 11) is -2.58. The molecule has 4 heterocycles. The molecule has 12 nitrogen and oxygen atoms in total. The fourth-order valence-electron chi connectivity index (χ4n) is 7.72. The van der Waals surface area contributed by atoms with Crippen LogP contribution in [0.4, 0.5) is 13.2 Å². The maximum Gasteiger partial charge on any atom is 0.437 e. The smallest absolute Gasteiger partial charge is 0.437 e. The molecule has 0 bridgehead atoms. The summed E-state index contributed by atoms with van der Waals surface area (Å²) in [6.45, 7) is 1.32. The number of nitrogens with zero attached hydrogens (tertiary/aromatic N) is 2. The Hall–Kier alpha value is -3.92. The Kier molecular flexibility index (Phi) is 8.59. The molecule has 3 amide bonds. The molecular weight excluding hydrogens is 691 g/mol. The average Bonchev–Trinajstić information content (AvgIpc) is 3.97. The van der Waals surface area contributed by atoms with Gasteiger partial charge in [0, 0.05) is 23.3 Å². The van der Waals surface area contributed by atoms with Gasteiger partial charge in [-0.15, -0.1) is 0 Å². The van der Waals surface area contributed by atoms with Crippen LogP contribution >= 0.6 is 0 Å². The van der Waals surface area contributed by atoms with E-state index in [1.807, 2.05) is 12.2 Å². The summed E-state index contributed by atoms with van der Waals surface area (Å²) in [4.78, 5) is 47.2. The van der Waals surface area contributed by atoms with Crippen molar-refractivity contribution < 1.29 is 45.4 Å². The van der Waals surface area contributed by atoms with E-state index in [4.69, 9.17) is 15.2 Å². The van der Waals surface area contributed by atoms with Crippen molar-refractivity contribution >= 4 is 38.6 Å². The van der Waals surface area contributed by atoms with Crippen molar-refractivity contribution in [1.29, 1.82) is 0 Å². The summed E-state index contributed by atoms with van der Waals surface area (Å²) in [6, 6.07) is 2.34. The maximum absolute atomic E-state index is 14.5. The number of benzene rings is 1. The topological polar surface area (TPSA) is 170 Å². The van der Waals surface area contributed by atoms with Crippen LogP contribution in [-0.4, -0.2) is 77.6 Å².